The maximum atomic E-state index is 12.6. The molecule has 2 aliphatic heterocycles. The molecule has 0 radical (unpaired) electrons. The molecule has 46 heavy (non-hydrogen) atoms. The van der Waals surface area contributed by atoms with Crippen LogP contribution in [-0.4, -0.2) is 61.0 Å². The quantitative estimate of drug-likeness (QED) is 0.103. The summed E-state index contributed by atoms with van der Waals surface area (Å²) in [4.78, 5) is 30.3. The zero-order chi connectivity index (χ0) is 31.3. The Hall–Kier alpha value is -4.46. The van der Waals surface area contributed by atoms with Gasteiger partial charge in [0.05, 0.1) is 17.7 Å². The SMILES string of the molecule is O=C1c2ccccc2C(=O)N1CCCOc1ccc(-c2sc3ccccc3c2Cc2ccc(OCCN3CCCCC3)cc2)cc1. The maximum Gasteiger partial charge on any atom is 0.261 e. The van der Waals surface area contributed by atoms with E-state index >= 15 is 0 Å². The number of imide groups is 1. The minimum atomic E-state index is -0.225. The molecule has 6 nitrogen and oxygen atoms in total. The van der Waals surface area contributed by atoms with Gasteiger partial charge in [0.2, 0.25) is 0 Å². The molecule has 0 atom stereocenters. The first-order valence-electron chi connectivity index (χ1n) is 16.3. The fraction of sp³-hybridized carbons (Fsp3) is 0.282. The van der Waals surface area contributed by atoms with Gasteiger partial charge < -0.3 is 9.47 Å². The van der Waals surface area contributed by atoms with Gasteiger partial charge in [0, 0.05) is 22.7 Å². The molecule has 0 saturated carbocycles. The number of ether oxygens (including phenoxy) is 2. The van der Waals surface area contributed by atoms with Crippen LogP contribution in [-0.2, 0) is 6.42 Å². The van der Waals surface area contributed by atoms with Gasteiger partial charge in [-0.1, -0.05) is 48.9 Å². The highest BCUT2D eigenvalue weighted by molar-refractivity contribution is 7.22. The van der Waals surface area contributed by atoms with Crippen LogP contribution in [0.1, 0.15) is 57.5 Å². The molecule has 4 aromatic carbocycles. The molecule has 234 valence electrons. The number of carbonyl (C=O) groups excluding carboxylic acids is 2. The molecule has 2 amide bonds. The average molecular weight is 631 g/mol. The van der Waals surface area contributed by atoms with Crippen molar-refractivity contribution in [1.82, 2.24) is 9.80 Å². The summed E-state index contributed by atoms with van der Waals surface area (Å²) < 4.78 is 13.4. The zero-order valence-electron chi connectivity index (χ0n) is 26.0. The van der Waals surface area contributed by atoms with Crippen molar-refractivity contribution >= 4 is 33.2 Å². The second-order valence-electron chi connectivity index (χ2n) is 12.0. The van der Waals surface area contributed by atoms with Crippen molar-refractivity contribution < 1.29 is 19.1 Å². The third kappa shape index (κ3) is 6.57. The van der Waals surface area contributed by atoms with Crippen molar-refractivity contribution in [1.29, 1.82) is 0 Å². The van der Waals surface area contributed by atoms with E-state index in [0.29, 0.717) is 30.7 Å². The monoisotopic (exact) mass is 630 g/mol. The van der Waals surface area contributed by atoms with Gasteiger partial charge in [-0.3, -0.25) is 19.4 Å². The van der Waals surface area contributed by atoms with Gasteiger partial charge in [0.1, 0.15) is 18.1 Å². The van der Waals surface area contributed by atoms with Gasteiger partial charge in [-0.25, -0.2) is 0 Å². The van der Waals surface area contributed by atoms with E-state index < -0.39 is 0 Å². The lowest BCUT2D eigenvalue weighted by Crippen LogP contribution is -2.33. The number of carbonyl (C=O) groups is 2. The molecule has 0 aliphatic carbocycles. The molecule has 0 unspecified atom stereocenters. The molecule has 1 fully saturated rings. The number of benzene rings is 4. The number of rotatable bonds is 12. The van der Waals surface area contributed by atoms with Crippen LogP contribution in [0.15, 0.2) is 97.1 Å². The molecule has 5 aromatic rings. The lowest BCUT2D eigenvalue weighted by atomic mass is 9.99. The molecule has 0 bridgehead atoms. The molecule has 7 heteroatoms. The molecule has 3 heterocycles. The summed E-state index contributed by atoms with van der Waals surface area (Å²) in [5.74, 6) is 1.24. The van der Waals surface area contributed by atoms with Crippen molar-refractivity contribution in [3.05, 3.63) is 119 Å². The number of piperidine rings is 1. The van der Waals surface area contributed by atoms with E-state index in [9.17, 15) is 9.59 Å². The number of likely N-dealkylation sites (tertiary alicyclic amines) is 1. The Balaban J connectivity index is 0.971. The predicted molar refractivity (Wildman–Crippen MR) is 184 cm³/mol. The molecule has 1 aromatic heterocycles. The summed E-state index contributed by atoms with van der Waals surface area (Å²) in [6.07, 6.45) is 5.36. The Morgan fingerprint density at radius 1 is 0.652 bits per heavy atom. The van der Waals surface area contributed by atoms with Crippen molar-refractivity contribution in [3.8, 4) is 21.9 Å². The van der Waals surface area contributed by atoms with Crippen LogP contribution in [0.5, 0.6) is 11.5 Å². The van der Waals surface area contributed by atoms with Gasteiger partial charge in [-0.2, -0.15) is 0 Å². The van der Waals surface area contributed by atoms with Crippen LogP contribution in [0.4, 0.5) is 0 Å². The van der Waals surface area contributed by atoms with Gasteiger partial charge in [0.15, 0.2) is 0 Å². The second-order valence-corrected chi connectivity index (χ2v) is 13.1. The second kappa shape index (κ2) is 13.9. The minimum Gasteiger partial charge on any atom is -0.494 e. The van der Waals surface area contributed by atoms with Crippen LogP contribution in [0.2, 0.25) is 0 Å². The van der Waals surface area contributed by atoms with Gasteiger partial charge in [-0.15, -0.1) is 11.3 Å². The summed E-state index contributed by atoms with van der Waals surface area (Å²) in [7, 11) is 0. The first kappa shape index (κ1) is 30.2. The molecular weight excluding hydrogens is 593 g/mol. The predicted octanol–water partition coefficient (Wildman–Crippen LogP) is 8.09. The van der Waals surface area contributed by atoms with E-state index in [-0.39, 0.29) is 11.8 Å². The number of fused-ring (bicyclic) bond motifs is 2. The standard InChI is InChI=1S/C39H38N2O4S/c42-38-33-10-2-3-11-34(33)39(43)41(38)23-8-25-44-31-19-15-29(16-20-31)37-35(32-9-4-5-12-36(32)46-37)27-28-13-17-30(18-14-28)45-26-24-40-21-6-1-7-22-40/h2-5,9-20H,1,6-8,21-27H2. The number of amides is 2. The van der Waals surface area contributed by atoms with E-state index in [0.717, 1.165) is 36.6 Å². The molecule has 1 saturated heterocycles. The Bertz CT molecular complexity index is 1790. The third-order valence-electron chi connectivity index (χ3n) is 8.92. The molecular formula is C39H38N2O4S. The van der Waals surface area contributed by atoms with E-state index in [1.54, 1.807) is 24.3 Å². The van der Waals surface area contributed by atoms with Crippen molar-refractivity contribution in [3.63, 3.8) is 0 Å². The van der Waals surface area contributed by atoms with Crippen LogP contribution in [0, 0.1) is 0 Å². The van der Waals surface area contributed by atoms with Crippen molar-refractivity contribution in [2.24, 2.45) is 0 Å². The van der Waals surface area contributed by atoms with Gasteiger partial charge >= 0.3 is 0 Å². The van der Waals surface area contributed by atoms with Gasteiger partial charge in [-0.05, 0) is 115 Å². The lowest BCUT2D eigenvalue weighted by molar-refractivity contribution is 0.0646. The first-order valence-corrected chi connectivity index (χ1v) is 17.1. The fourth-order valence-corrected chi connectivity index (χ4v) is 7.68. The number of nitrogens with zero attached hydrogens (tertiary/aromatic N) is 2. The van der Waals surface area contributed by atoms with E-state index in [4.69, 9.17) is 9.47 Å². The third-order valence-corrected chi connectivity index (χ3v) is 10.2. The molecule has 0 spiro atoms. The first-order chi connectivity index (χ1) is 22.6. The Morgan fingerprint density at radius 3 is 2.00 bits per heavy atom. The Kier molecular flexibility index (Phi) is 9.12. The topological polar surface area (TPSA) is 59.1 Å². The number of hydrogen-bond donors (Lipinski definition) is 0. The highest BCUT2D eigenvalue weighted by Crippen LogP contribution is 2.40. The largest absolute Gasteiger partial charge is 0.494 e. The minimum absolute atomic E-state index is 0.225. The van der Waals surface area contributed by atoms with E-state index in [2.05, 4.69) is 65.6 Å². The summed E-state index contributed by atoms with van der Waals surface area (Å²) in [6.45, 7) is 4.85. The normalized spacial score (nSPS) is 15.0. The molecule has 2 aliphatic rings. The van der Waals surface area contributed by atoms with E-state index in [1.807, 2.05) is 23.5 Å². The van der Waals surface area contributed by atoms with E-state index in [1.165, 1.54) is 63.3 Å². The Labute approximate surface area is 274 Å². The smallest absolute Gasteiger partial charge is 0.261 e. The Morgan fingerprint density at radius 2 is 1.28 bits per heavy atom. The summed E-state index contributed by atoms with van der Waals surface area (Å²) in [6, 6.07) is 32.4. The summed E-state index contributed by atoms with van der Waals surface area (Å²) >= 11 is 1.82. The average Bonchev–Trinajstić information content (AvgIpc) is 3.58. The molecule has 7 rings (SSSR count). The van der Waals surface area contributed by atoms with Crippen LogP contribution < -0.4 is 9.47 Å². The van der Waals surface area contributed by atoms with Crippen LogP contribution in [0.25, 0.3) is 20.5 Å². The highest BCUT2D eigenvalue weighted by atomic mass is 32.1. The number of thiophene rings is 1. The lowest BCUT2D eigenvalue weighted by Gasteiger charge is -2.26. The highest BCUT2D eigenvalue weighted by Gasteiger charge is 2.34. The molecule has 0 N–H and O–H groups in total. The summed E-state index contributed by atoms with van der Waals surface area (Å²) in [5, 5.41) is 1.29. The van der Waals surface area contributed by atoms with Crippen LogP contribution in [0.3, 0.4) is 0 Å². The maximum absolute atomic E-state index is 12.6. The van der Waals surface area contributed by atoms with Crippen molar-refractivity contribution in [2.75, 3.05) is 39.4 Å². The van der Waals surface area contributed by atoms with Crippen molar-refractivity contribution in [2.45, 2.75) is 32.1 Å². The van der Waals surface area contributed by atoms with Gasteiger partial charge in [0.25, 0.3) is 11.8 Å². The number of hydrogen-bond acceptors (Lipinski definition) is 6. The fourth-order valence-electron chi connectivity index (χ4n) is 6.45. The summed E-state index contributed by atoms with van der Waals surface area (Å²) in [5.41, 5.74) is 4.70. The zero-order valence-corrected chi connectivity index (χ0v) is 26.8. The van der Waals surface area contributed by atoms with Crippen LogP contribution >= 0.6 is 11.3 Å².